The van der Waals surface area contributed by atoms with Gasteiger partial charge < -0.3 is 9.84 Å². The summed E-state index contributed by atoms with van der Waals surface area (Å²) in [6, 6.07) is -0.308. The molecule has 1 unspecified atom stereocenters. The van der Waals surface area contributed by atoms with E-state index in [-0.39, 0.29) is 19.2 Å². The van der Waals surface area contributed by atoms with E-state index in [0.29, 0.717) is 0 Å². The summed E-state index contributed by atoms with van der Waals surface area (Å²) in [4.78, 5) is 12.6. The number of cyclic esters (lactones) is 1. The van der Waals surface area contributed by atoms with Crippen LogP contribution in [0.1, 0.15) is 0 Å². The van der Waals surface area contributed by atoms with Crippen molar-refractivity contribution in [1.82, 2.24) is 4.90 Å². The van der Waals surface area contributed by atoms with Crippen LogP contribution in [0.2, 0.25) is 0 Å². The number of aliphatic hydroxyl groups is 1. The number of ether oxygens (including phenoxy) is 1. The molecule has 3 aliphatic rings. The molecule has 0 bridgehead atoms. The predicted octanol–water partition coefficient (Wildman–Crippen LogP) is -1.46. The molecule has 3 fully saturated rings. The highest BCUT2D eigenvalue weighted by atomic mass is 32.2. The maximum atomic E-state index is 11.2. The number of aliphatic hydroxyl groups excluding tert-OH is 1. The molecule has 5 atom stereocenters. The third kappa shape index (κ3) is 1.29. The maximum Gasteiger partial charge on any atom is 0.410 e. The summed E-state index contributed by atoms with van der Waals surface area (Å²) in [7, 11) is 0. The molecule has 8 heteroatoms. The van der Waals surface area contributed by atoms with E-state index in [1.54, 1.807) is 0 Å². The number of carbonyl (C=O) groups is 1. The zero-order chi connectivity index (χ0) is 10.6. The Bertz CT molecular complexity index is 335. The minimum Gasteiger partial charge on any atom is -0.447 e. The van der Waals surface area contributed by atoms with Gasteiger partial charge in [0.25, 0.3) is 0 Å². The van der Waals surface area contributed by atoms with Gasteiger partial charge in [0, 0.05) is 0 Å². The van der Waals surface area contributed by atoms with Gasteiger partial charge in [-0.25, -0.2) is 4.79 Å². The van der Waals surface area contributed by atoms with Gasteiger partial charge in [-0.05, 0) is 0 Å². The molecule has 0 aromatic carbocycles. The van der Waals surface area contributed by atoms with Gasteiger partial charge >= 0.3 is 17.5 Å². The molecule has 3 aliphatic heterocycles. The van der Waals surface area contributed by atoms with Gasteiger partial charge in [0.05, 0.1) is 12.6 Å². The van der Waals surface area contributed by atoms with E-state index in [1.165, 1.54) is 4.90 Å². The van der Waals surface area contributed by atoms with Crippen LogP contribution in [0, 0.1) is 0 Å². The van der Waals surface area contributed by atoms with Crippen LogP contribution in [0.15, 0.2) is 0 Å². The van der Waals surface area contributed by atoms with Crippen molar-refractivity contribution in [1.29, 1.82) is 0 Å². The summed E-state index contributed by atoms with van der Waals surface area (Å²) in [5.74, 6) is 0. The molecule has 0 aromatic heterocycles. The molecule has 0 aliphatic carbocycles. The van der Waals surface area contributed by atoms with Gasteiger partial charge in [0.15, 0.2) is 0 Å². The lowest BCUT2D eigenvalue weighted by molar-refractivity contribution is -0.0535. The monoisotopic (exact) mass is 235 g/mol. The average molecular weight is 235 g/mol. The Balaban J connectivity index is 1.90. The fraction of sp³-hybridized carbons (Fsp3) is 0.857. The van der Waals surface area contributed by atoms with Crippen LogP contribution in [0.5, 0.6) is 0 Å². The second-order valence-electron chi connectivity index (χ2n) is 3.69. The largest absolute Gasteiger partial charge is 0.447 e. The summed E-state index contributed by atoms with van der Waals surface area (Å²) in [5.41, 5.74) is 0. The van der Waals surface area contributed by atoms with Gasteiger partial charge in [-0.1, -0.05) is 0 Å². The Morgan fingerprint density at radius 2 is 2.13 bits per heavy atom. The van der Waals surface area contributed by atoms with Crippen LogP contribution < -0.4 is 0 Å². The minimum absolute atomic E-state index is 0.130. The molecule has 0 radical (unpaired) electrons. The minimum atomic E-state index is -1.84. The first-order valence-electron chi connectivity index (χ1n) is 4.54. The molecule has 1 N–H and O–H groups in total. The van der Waals surface area contributed by atoms with E-state index in [1.807, 2.05) is 0 Å². The van der Waals surface area contributed by atoms with Crippen molar-refractivity contribution in [2.24, 2.45) is 0 Å². The Morgan fingerprint density at radius 3 is 2.93 bits per heavy atom. The van der Waals surface area contributed by atoms with Crippen LogP contribution in [0.25, 0.3) is 0 Å². The van der Waals surface area contributed by atoms with Gasteiger partial charge in [0.2, 0.25) is 0 Å². The topological polar surface area (TPSA) is 85.3 Å². The first kappa shape index (κ1) is 9.52. The van der Waals surface area contributed by atoms with E-state index in [4.69, 9.17) is 13.1 Å². The number of piperidine rings is 1. The van der Waals surface area contributed by atoms with Crippen LogP contribution in [-0.2, 0) is 24.5 Å². The zero-order valence-electron chi connectivity index (χ0n) is 7.57. The first-order chi connectivity index (χ1) is 7.16. The van der Waals surface area contributed by atoms with E-state index in [0.717, 1.165) is 0 Å². The lowest BCUT2D eigenvalue weighted by Crippen LogP contribution is -2.59. The quantitative estimate of drug-likeness (QED) is 0.552. The van der Waals surface area contributed by atoms with Gasteiger partial charge in [-0.3, -0.25) is 13.3 Å². The molecule has 0 aromatic rings. The molecule has 84 valence electrons. The fourth-order valence-electron chi connectivity index (χ4n) is 2.13. The van der Waals surface area contributed by atoms with Gasteiger partial charge in [-0.2, -0.15) is 4.21 Å². The third-order valence-corrected chi connectivity index (χ3v) is 3.62. The van der Waals surface area contributed by atoms with Crippen molar-refractivity contribution in [3.63, 3.8) is 0 Å². The molecular formula is C7H9NO6S. The molecule has 7 nitrogen and oxygen atoms in total. The second-order valence-corrected chi connectivity index (χ2v) is 4.48. The van der Waals surface area contributed by atoms with E-state index in [2.05, 4.69) is 0 Å². The van der Waals surface area contributed by atoms with Crippen LogP contribution in [0.3, 0.4) is 0 Å². The van der Waals surface area contributed by atoms with Crippen LogP contribution in [0.4, 0.5) is 4.79 Å². The SMILES string of the molecule is O=C1OC[C@@H]2[C@@H]3OS(=O)O[C@@H]3[C@@H](O)CN12. The van der Waals surface area contributed by atoms with E-state index < -0.39 is 35.8 Å². The molecule has 3 heterocycles. The predicted molar refractivity (Wildman–Crippen MR) is 45.7 cm³/mol. The van der Waals surface area contributed by atoms with E-state index >= 15 is 0 Å². The van der Waals surface area contributed by atoms with Gasteiger partial charge in [-0.15, -0.1) is 0 Å². The maximum absolute atomic E-state index is 11.2. The third-order valence-electron chi connectivity index (χ3n) is 2.86. The lowest BCUT2D eigenvalue weighted by atomic mass is 9.95. The highest BCUT2D eigenvalue weighted by Crippen LogP contribution is 2.33. The fourth-order valence-corrected chi connectivity index (χ4v) is 3.02. The van der Waals surface area contributed by atoms with Crippen molar-refractivity contribution in [2.45, 2.75) is 24.4 Å². The smallest absolute Gasteiger partial charge is 0.410 e. The van der Waals surface area contributed by atoms with Crippen LogP contribution in [-0.4, -0.2) is 57.8 Å². The Morgan fingerprint density at radius 1 is 1.40 bits per heavy atom. The molecule has 3 rings (SSSR count). The first-order valence-corrected chi connectivity index (χ1v) is 5.54. The van der Waals surface area contributed by atoms with Crippen molar-refractivity contribution in [3.8, 4) is 0 Å². The summed E-state index contributed by atoms with van der Waals surface area (Å²) in [6.45, 7) is 0.318. The van der Waals surface area contributed by atoms with E-state index in [9.17, 15) is 14.1 Å². The summed E-state index contributed by atoms with van der Waals surface area (Å²) in [5, 5.41) is 9.67. The Kier molecular flexibility index (Phi) is 2.00. The van der Waals surface area contributed by atoms with Crippen molar-refractivity contribution in [3.05, 3.63) is 0 Å². The summed E-state index contributed by atoms with van der Waals surface area (Å²) in [6.07, 6.45) is -2.57. The summed E-state index contributed by atoms with van der Waals surface area (Å²) >= 11 is -1.84. The highest BCUT2D eigenvalue weighted by molar-refractivity contribution is 7.75. The Labute approximate surface area is 87.8 Å². The standard InChI is InChI=1S/C7H9NO6S/c9-4-1-8-3(2-12-7(8)10)5-6(4)14-15(11)13-5/h3-6,9H,1-2H2/t3-,4+,5+,6-,15?/m1/s1. The molecule has 0 saturated carbocycles. The van der Waals surface area contributed by atoms with Crippen molar-refractivity contribution in [2.75, 3.05) is 13.2 Å². The number of hydrogen-bond donors (Lipinski definition) is 1. The number of hydrogen-bond acceptors (Lipinski definition) is 6. The average Bonchev–Trinajstić information content (AvgIpc) is 2.71. The van der Waals surface area contributed by atoms with Gasteiger partial charge in [0.1, 0.15) is 24.9 Å². The van der Waals surface area contributed by atoms with Crippen molar-refractivity contribution >= 4 is 17.5 Å². The Hall–Kier alpha value is -0.700. The highest BCUT2D eigenvalue weighted by Gasteiger charge is 2.55. The number of rotatable bonds is 0. The van der Waals surface area contributed by atoms with Crippen LogP contribution >= 0.6 is 0 Å². The molecule has 15 heavy (non-hydrogen) atoms. The second kappa shape index (κ2) is 3.14. The molecular weight excluding hydrogens is 226 g/mol. The number of fused-ring (bicyclic) bond motifs is 3. The summed E-state index contributed by atoms with van der Waals surface area (Å²) < 4.78 is 25.8. The number of carbonyl (C=O) groups excluding carboxylic acids is 1. The molecule has 3 saturated heterocycles. The normalized spacial score (nSPS) is 48.7. The lowest BCUT2D eigenvalue weighted by Gasteiger charge is -2.36. The molecule has 1 amide bonds. The zero-order valence-corrected chi connectivity index (χ0v) is 8.38. The molecule has 0 spiro atoms. The van der Waals surface area contributed by atoms with Crippen molar-refractivity contribution < 1.29 is 27.2 Å². The number of nitrogens with zero attached hydrogens (tertiary/aromatic N) is 1. The number of amides is 1.